The van der Waals surface area contributed by atoms with Crippen molar-refractivity contribution in [3.63, 3.8) is 0 Å². The quantitative estimate of drug-likeness (QED) is 0.775. The van der Waals surface area contributed by atoms with Crippen LogP contribution in [0.1, 0.15) is 37.4 Å². The highest BCUT2D eigenvalue weighted by atomic mass is 35.5. The zero-order chi connectivity index (χ0) is 15.3. The smallest absolute Gasteiger partial charge is 0.292 e. The van der Waals surface area contributed by atoms with Crippen molar-refractivity contribution in [3.8, 4) is 11.3 Å². The Morgan fingerprint density at radius 3 is 2.91 bits per heavy atom. The first-order valence-corrected chi connectivity index (χ1v) is 7.65. The first-order valence-electron chi connectivity index (χ1n) is 7.65. The zero-order valence-corrected chi connectivity index (χ0v) is 13.7. The van der Waals surface area contributed by atoms with E-state index < -0.39 is 5.54 Å². The van der Waals surface area contributed by atoms with Crippen LogP contribution in [0.4, 0.5) is 0 Å². The van der Waals surface area contributed by atoms with E-state index in [-0.39, 0.29) is 18.0 Å². The van der Waals surface area contributed by atoms with E-state index in [1.807, 2.05) is 28.8 Å². The van der Waals surface area contributed by atoms with Gasteiger partial charge in [0.25, 0.3) is 5.56 Å². The van der Waals surface area contributed by atoms with Crippen molar-refractivity contribution in [1.82, 2.24) is 14.4 Å². The number of fused-ring (bicyclic) bond motifs is 5. The summed E-state index contributed by atoms with van der Waals surface area (Å²) in [7, 11) is 0. The maximum Gasteiger partial charge on any atom is 0.292 e. The van der Waals surface area contributed by atoms with Gasteiger partial charge >= 0.3 is 0 Å². The van der Waals surface area contributed by atoms with Crippen LogP contribution < -0.4 is 11.3 Å². The minimum atomic E-state index is -0.592. The van der Waals surface area contributed by atoms with Gasteiger partial charge in [0.2, 0.25) is 5.65 Å². The predicted molar refractivity (Wildman–Crippen MR) is 93.0 cm³/mol. The molecule has 0 saturated heterocycles. The molecule has 4 rings (SSSR count). The third kappa shape index (κ3) is 2.04. The Balaban J connectivity index is 0.00000156. The molecule has 1 unspecified atom stereocenters. The van der Waals surface area contributed by atoms with Crippen LogP contribution >= 0.6 is 12.4 Å². The molecule has 0 amide bonds. The fourth-order valence-electron chi connectivity index (χ4n) is 3.56. The number of hydrogen-bond acceptors (Lipinski definition) is 3. The number of nitrogens with two attached hydrogens (primary N) is 1. The van der Waals surface area contributed by atoms with Gasteiger partial charge in [0.15, 0.2) is 0 Å². The van der Waals surface area contributed by atoms with Gasteiger partial charge in [-0.15, -0.1) is 12.4 Å². The second-order valence-electron chi connectivity index (χ2n) is 5.92. The second kappa shape index (κ2) is 5.51. The van der Waals surface area contributed by atoms with E-state index in [1.54, 1.807) is 6.20 Å². The zero-order valence-electron chi connectivity index (χ0n) is 12.9. The van der Waals surface area contributed by atoms with E-state index in [9.17, 15) is 4.79 Å². The SMILES string of the molecule is CCCCC1(N)c2ccccc2-c2[nH]c(=O)c3nccn3c21.Cl. The van der Waals surface area contributed by atoms with Crippen LogP contribution in [-0.4, -0.2) is 14.4 Å². The number of aromatic amines is 1. The molecular weight excluding hydrogens is 312 g/mol. The molecule has 5 nitrogen and oxygen atoms in total. The van der Waals surface area contributed by atoms with Crippen molar-refractivity contribution >= 4 is 18.1 Å². The molecule has 1 aromatic carbocycles. The van der Waals surface area contributed by atoms with E-state index in [1.165, 1.54) is 0 Å². The van der Waals surface area contributed by atoms with Crippen LogP contribution in [0.25, 0.3) is 16.9 Å². The summed E-state index contributed by atoms with van der Waals surface area (Å²) in [6.45, 7) is 2.16. The average molecular weight is 331 g/mol. The van der Waals surface area contributed by atoms with Gasteiger partial charge in [-0.25, -0.2) is 4.98 Å². The molecule has 0 spiro atoms. The largest absolute Gasteiger partial charge is 0.317 e. The molecule has 0 bridgehead atoms. The molecule has 3 aromatic rings. The highest BCUT2D eigenvalue weighted by Gasteiger charge is 2.42. The van der Waals surface area contributed by atoms with Crippen molar-refractivity contribution in [1.29, 1.82) is 0 Å². The van der Waals surface area contributed by atoms with Gasteiger partial charge in [-0.2, -0.15) is 0 Å². The lowest BCUT2D eigenvalue weighted by molar-refractivity contribution is 0.463. The molecule has 0 aliphatic heterocycles. The summed E-state index contributed by atoms with van der Waals surface area (Å²) in [6, 6.07) is 8.06. The Morgan fingerprint density at radius 1 is 1.35 bits per heavy atom. The van der Waals surface area contributed by atoms with E-state index >= 15 is 0 Å². The maximum atomic E-state index is 12.3. The van der Waals surface area contributed by atoms with Crippen molar-refractivity contribution < 1.29 is 0 Å². The number of halogens is 1. The van der Waals surface area contributed by atoms with Gasteiger partial charge < -0.3 is 10.7 Å². The number of nitrogens with one attached hydrogen (secondary N) is 1. The molecule has 1 aliphatic rings. The standard InChI is InChI=1S/C17H18N4O.ClH/c1-2-3-8-17(18)12-7-5-4-6-11(12)13-14(17)21-10-9-19-15(21)16(22)20-13;/h4-7,9-10H,2-3,8,18H2,1H3,(H,20,22);1H. The topological polar surface area (TPSA) is 76.2 Å². The molecule has 0 fully saturated rings. The van der Waals surface area contributed by atoms with Crippen molar-refractivity contribution in [3.05, 3.63) is 58.3 Å². The minimum Gasteiger partial charge on any atom is -0.317 e. The fourth-order valence-corrected chi connectivity index (χ4v) is 3.56. The maximum absolute atomic E-state index is 12.3. The Labute approximate surface area is 140 Å². The first-order chi connectivity index (χ1) is 10.7. The molecule has 23 heavy (non-hydrogen) atoms. The molecule has 2 aromatic heterocycles. The number of hydrogen-bond donors (Lipinski definition) is 2. The number of nitrogens with zero attached hydrogens (tertiary/aromatic N) is 2. The lowest BCUT2D eigenvalue weighted by atomic mass is 9.86. The summed E-state index contributed by atoms with van der Waals surface area (Å²) in [5.74, 6) is 0. The van der Waals surface area contributed by atoms with Gasteiger partial charge in [0.05, 0.1) is 16.9 Å². The summed E-state index contributed by atoms with van der Waals surface area (Å²) in [5, 5.41) is 0. The normalized spacial score (nSPS) is 18.5. The van der Waals surface area contributed by atoms with E-state index in [2.05, 4.69) is 23.0 Å². The fraction of sp³-hybridized carbons (Fsp3) is 0.294. The summed E-state index contributed by atoms with van der Waals surface area (Å²) < 4.78 is 1.85. The van der Waals surface area contributed by atoms with Crippen LogP contribution in [0, 0.1) is 0 Å². The van der Waals surface area contributed by atoms with E-state index in [0.717, 1.165) is 41.8 Å². The summed E-state index contributed by atoms with van der Waals surface area (Å²) >= 11 is 0. The Morgan fingerprint density at radius 2 is 2.13 bits per heavy atom. The third-order valence-electron chi connectivity index (χ3n) is 4.58. The number of aromatic nitrogens is 3. The molecule has 1 aliphatic carbocycles. The minimum absolute atomic E-state index is 0. The Bertz CT molecular complexity index is 930. The van der Waals surface area contributed by atoms with Gasteiger partial charge in [-0.1, -0.05) is 44.0 Å². The summed E-state index contributed by atoms with van der Waals surface area (Å²) in [6.07, 6.45) is 6.41. The van der Waals surface area contributed by atoms with Crippen LogP contribution in [-0.2, 0) is 5.54 Å². The molecule has 0 saturated carbocycles. The molecular formula is C17H19ClN4O. The Kier molecular flexibility index (Phi) is 3.78. The van der Waals surface area contributed by atoms with Crippen LogP contribution in [0.2, 0.25) is 0 Å². The van der Waals surface area contributed by atoms with Crippen LogP contribution in [0.5, 0.6) is 0 Å². The highest BCUT2D eigenvalue weighted by Crippen LogP contribution is 2.46. The van der Waals surface area contributed by atoms with Crippen molar-refractivity contribution in [2.24, 2.45) is 5.73 Å². The van der Waals surface area contributed by atoms with E-state index in [0.29, 0.717) is 5.65 Å². The summed E-state index contributed by atoms with van der Waals surface area (Å²) in [4.78, 5) is 19.4. The van der Waals surface area contributed by atoms with Gasteiger partial charge in [-0.3, -0.25) is 9.20 Å². The number of unbranched alkanes of at least 4 members (excludes halogenated alkanes) is 1. The van der Waals surface area contributed by atoms with Gasteiger partial charge in [0.1, 0.15) is 0 Å². The average Bonchev–Trinajstić information content (AvgIpc) is 3.10. The predicted octanol–water partition coefficient (Wildman–Crippen LogP) is 2.82. The number of benzene rings is 1. The second-order valence-corrected chi connectivity index (χ2v) is 5.92. The third-order valence-corrected chi connectivity index (χ3v) is 4.58. The molecule has 0 radical (unpaired) electrons. The lowest BCUT2D eigenvalue weighted by Gasteiger charge is -2.27. The molecule has 3 N–H and O–H groups in total. The number of imidazole rings is 1. The first kappa shape index (κ1) is 15.8. The molecule has 1 atom stereocenters. The number of rotatable bonds is 3. The molecule has 2 heterocycles. The van der Waals surface area contributed by atoms with Gasteiger partial charge in [-0.05, 0) is 12.0 Å². The lowest BCUT2D eigenvalue weighted by Crippen LogP contribution is -2.38. The van der Waals surface area contributed by atoms with E-state index in [4.69, 9.17) is 5.73 Å². The monoisotopic (exact) mass is 330 g/mol. The van der Waals surface area contributed by atoms with Crippen molar-refractivity contribution in [2.45, 2.75) is 31.7 Å². The Hall–Kier alpha value is -2.11. The number of H-pyrrole nitrogens is 1. The van der Waals surface area contributed by atoms with Crippen LogP contribution in [0.3, 0.4) is 0 Å². The van der Waals surface area contributed by atoms with Crippen molar-refractivity contribution in [2.75, 3.05) is 0 Å². The van der Waals surface area contributed by atoms with Crippen LogP contribution in [0.15, 0.2) is 41.5 Å². The molecule has 6 heteroatoms. The molecule has 120 valence electrons. The van der Waals surface area contributed by atoms with Gasteiger partial charge in [0, 0.05) is 18.0 Å². The highest BCUT2D eigenvalue weighted by molar-refractivity contribution is 5.85. The summed E-state index contributed by atoms with van der Waals surface area (Å²) in [5.41, 5.74) is 10.4.